The Morgan fingerprint density at radius 1 is 1.37 bits per heavy atom. The Balaban J connectivity index is 2.49. The minimum Gasteiger partial charge on any atom is -0.386 e. The molecule has 0 amide bonds. The second-order valence-electron chi connectivity index (χ2n) is 4.65. The van der Waals surface area contributed by atoms with Gasteiger partial charge in [-0.25, -0.2) is 17.2 Å². The summed E-state index contributed by atoms with van der Waals surface area (Å²) in [5, 5.41) is 19.2. The zero-order valence-electron chi connectivity index (χ0n) is 9.81. The summed E-state index contributed by atoms with van der Waals surface area (Å²) in [6.45, 7) is 0. The summed E-state index contributed by atoms with van der Waals surface area (Å²) >= 11 is 0. The molecule has 0 bridgehead atoms. The van der Waals surface area contributed by atoms with E-state index in [9.17, 15) is 22.3 Å². The number of aliphatic hydroxyl groups excluding tert-OH is 1. The predicted molar refractivity (Wildman–Crippen MR) is 62.6 cm³/mol. The van der Waals surface area contributed by atoms with Crippen LogP contribution in [0, 0.1) is 28.4 Å². The summed E-state index contributed by atoms with van der Waals surface area (Å²) < 4.78 is 50.1. The van der Waals surface area contributed by atoms with Crippen molar-refractivity contribution in [3.05, 3.63) is 35.4 Å². The van der Waals surface area contributed by atoms with Crippen LogP contribution in [0.25, 0.3) is 0 Å². The fourth-order valence-electron chi connectivity index (χ4n) is 2.29. The molecule has 4 nitrogen and oxygen atoms in total. The summed E-state index contributed by atoms with van der Waals surface area (Å²) in [6, 6.07) is 4.76. The van der Waals surface area contributed by atoms with Gasteiger partial charge in [0.25, 0.3) is 0 Å². The van der Waals surface area contributed by atoms with Crippen LogP contribution in [0.2, 0.25) is 0 Å². The fourth-order valence-corrected chi connectivity index (χ4v) is 4.26. The number of halogens is 2. The maximum absolute atomic E-state index is 13.6. The number of nitrogens with zero attached hydrogens (tertiary/aromatic N) is 1. The number of nitriles is 1. The minimum atomic E-state index is -3.47. The van der Waals surface area contributed by atoms with E-state index in [1.165, 1.54) is 0 Å². The molecule has 1 aliphatic heterocycles. The van der Waals surface area contributed by atoms with Gasteiger partial charge in [-0.1, -0.05) is 6.07 Å². The Morgan fingerprint density at radius 2 is 1.95 bits per heavy atom. The zero-order valence-corrected chi connectivity index (χ0v) is 10.6. The highest BCUT2D eigenvalue weighted by Gasteiger charge is 2.50. The molecule has 0 radical (unpaired) electrons. The molecule has 1 N–H and O–H groups in total. The van der Waals surface area contributed by atoms with Gasteiger partial charge in [0.05, 0.1) is 23.1 Å². The Morgan fingerprint density at radius 3 is 2.37 bits per heavy atom. The van der Waals surface area contributed by atoms with Crippen LogP contribution in [0.5, 0.6) is 0 Å². The van der Waals surface area contributed by atoms with Gasteiger partial charge in [-0.2, -0.15) is 5.26 Å². The fraction of sp³-hybridized carbons (Fsp3) is 0.417. The predicted octanol–water partition coefficient (Wildman–Crippen LogP) is 1.33. The highest BCUT2D eigenvalue weighted by Crippen LogP contribution is 2.44. The monoisotopic (exact) mass is 287 g/mol. The lowest BCUT2D eigenvalue weighted by Gasteiger charge is -2.26. The number of benzene rings is 1. The van der Waals surface area contributed by atoms with Crippen LogP contribution < -0.4 is 0 Å². The van der Waals surface area contributed by atoms with Crippen molar-refractivity contribution in [3.63, 3.8) is 0 Å². The lowest BCUT2D eigenvalue weighted by molar-refractivity contribution is 0.0723. The molecule has 19 heavy (non-hydrogen) atoms. The lowest BCUT2D eigenvalue weighted by Crippen LogP contribution is -2.30. The van der Waals surface area contributed by atoms with Gasteiger partial charge in [0.1, 0.15) is 23.2 Å². The highest BCUT2D eigenvalue weighted by atomic mass is 32.2. The Hall–Kier alpha value is -1.52. The molecule has 0 saturated carbocycles. The first-order valence-electron chi connectivity index (χ1n) is 5.55. The van der Waals surface area contributed by atoms with Crippen LogP contribution in [0.4, 0.5) is 8.78 Å². The average molecular weight is 287 g/mol. The van der Waals surface area contributed by atoms with Crippen LogP contribution in [-0.2, 0) is 9.84 Å². The Kier molecular flexibility index (Phi) is 3.32. The summed E-state index contributed by atoms with van der Waals surface area (Å²) in [6.07, 6.45) is -1.95. The summed E-state index contributed by atoms with van der Waals surface area (Å²) in [4.78, 5) is 0. The van der Waals surface area contributed by atoms with Gasteiger partial charge < -0.3 is 5.11 Å². The van der Waals surface area contributed by atoms with E-state index >= 15 is 0 Å². The molecule has 2 rings (SSSR count). The maximum Gasteiger partial charge on any atom is 0.152 e. The molecule has 1 aromatic carbocycles. The normalized spacial score (nSPS) is 26.8. The number of hydrogen-bond acceptors (Lipinski definition) is 4. The smallest absolute Gasteiger partial charge is 0.152 e. The zero-order chi connectivity index (χ0) is 14.3. The molecule has 0 aliphatic carbocycles. The Labute approximate surface area is 109 Å². The van der Waals surface area contributed by atoms with Crippen LogP contribution in [0.1, 0.15) is 18.1 Å². The van der Waals surface area contributed by atoms with Crippen molar-refractivity contribution in [2.75, 3.05) is 11.5 Å². The molecule has 7 heteroatoms. The molecule has 1 aromatic rings. The van der Waals surface area contributed by atoms with Gasteiger partial charge in [-0.05, 0) is 18.6 Å². The first-order valence-corrected chi connectivity index (χ1v) is 7.37. The molecule has 1 saturated heterocycles. The van der Waals surface area contributed by atoms with Crippen LogP contribution in [-0.4, -0.2) is 25.0 Å². The van der Waals surface area contributed by atoms with Gasteiger partial charge in [0.2, 0.25) is 0 Å². The van der Waals surface area contributed by atoms with Crippen molar-refractivity contribution < 1.29 is 22.3 Å². The van der Waals surface area contributed by atoms with E-state index in [0.717, 1.165) is 18.2 Å². The number of sulfone groups is 1. The first kappa shape index (κ1) is 13.9. The summed E-state index contributed by atoms with van der Waals surface area (Å²) in [5.41, 5.74) is -2.34. The molecule has 1 fully saturated rings. The van der Waals surface area contributed by atoms with Gasteiger partial charge in [-0.3, -0.25) is 0 Å². The van der Waals surface area contributed by atoms with Gasteiger partial charge >= 0.3 is 0 Å². The second kappa shape index (κ2) is 4.54. The van der Waals surface area contributed by atoms with Crippen molar-refractivity contribution >= 4 is 9.84 Å². The quantitative estimate of drug-likeness (QED) is 0.890. The average Bonchev–Trinajstić information content (AvgIpc) is 2.66. The highest BCUT2D eigenvalue weighted by molar-refractivity contribution is 7.91. The van der Waals surface area contributed by atoms with E-state index in [1.807, 2.05) is 0 Å². The molecule has 0 spiro atoms. The maximum atomic E-state index is 13.6. The standard InChI is InChI=1S/C12H11F2NO3S/c13-8-2-1-3-9(14)10(8)11(16)12(6-15)4-5-19(17,18)7-12/h1-3,11,16H,4-5,7H2. The van der Waals surface area contributed by atoms with E-state index in [-0.39, 0.29) is 12.2 Å². The van der Waals surface area contributed by atoms with Gasteiger partial charge in [-0.15, -0.1) is 0 Å². The molecular weight excluding hydrogens is 276 g/mol. The van der Waals surface area contributed by atoms with E-state index in [4.69, 9.17) is 5.26 Å². The van der Waals surface area contributed by atoms with Crippen molar-refractivity contribution in [3.8, 4) is 6.07 Å². The molecule has 102 valence electrons. The van der Waals surface area contributed by atoms with Crippen molar-refractivity contribution in [2.45, 2.75) is 12.5 Å². The Bertz CT molecular complexity index is 633. The van der Waals surface area contributed by atoms with E-state index in [2.05, 4.69) is 0 Å². The SMILES string of the molecule is N#CC1(C(O)c2c(F)cccc2F)CCS(=O)(=O)C1. The lowest BCUT2D eigenvalue weighted by atomic mass is 9.79. The molecule has 0 aromatic heterocycles. The number of rotatable bonds is 2. The van der Waals surface area contributed by atoms with Gasteiger partial charge in [0, 0.05) is 0 Å². The van der Waals surface area contributed by atoms with Crippen molar-refractivity contribution in [1.29, 1.82) is 5.26 Å². The molecule has 2 unspecified atom stereocenters. The van der Waals surface area contributed by atoms with E-state index < -0.39 is 44.3 Å². The van der Waals surface area contributed by atoms with Crippen molar-refractivity contribution in [2.24, 2.45) is 5.41 Å². The molecule has 2 atom stereocenters. The van der Waals surface area contributed by atoms with Gasteiger partial charge in [0.15, 0.2) is 9.84 Å². The largest absolute Gasteiger partial charge is 0.386 e. The summed E-state index contributed by atoms with van der Waals surface area (Å²) in [7, 11) is -3.47. The number of hydrogen-bond donors (Lipinski definition) is 1. The summed E-state index contributed by atoms with van der Waals surface area (Å²) in [5.74, 6) is -2.85. The third-order valence-electron chi connectivity index (χ3n) is 3.36. The first-order chi connectivity index (χ1) is 8.81. The van der Waals surface area contributed by atoms with E-state index in [1.54, 1.807) is 6.07 Å². The number of aliphatic hydroxyl groups is 1. The topological polar surface area (TPSA) is 78.2 Å². The third-order valence-corrected chi connectivity index (χ3v) is 5.14. The molecule has 1 heterocycles. The molecule has 1 aliphatic rings. The van der Waals surface area contributed by atoms with Crippen LogP contribution >= 0.6 is 0 Å². The minimum absolute atomic E-state index is 0.138. The van der Waals surface area contributed by atoms with Crippen LogP contribution in [0.3, 0.4) is 0 Å². The third kappa shape index (κ3) is 2.33. The van der Waals surface area contributed by atoms with Crippen molar-refractivity contribution in [1.82, 2.24) is 0 Å². The van der Waals surface area contributed by atoms with E-state index in [0.29, 0.717) is 0 Å². The molecular formula is C12H11F2NO3S. The second-order valence-corrected chi connectivity index (χ2v) is 6.83. The van der Waals surface area contributed by atoms with Crippen LogP contribution in [0.15, 0.2) is 18.2 Å².